The molecule has 2 N–H and O–H groups in total. The molecule has 1 aliphatic rings. The van der Waals surface area contributed by atoms with Gasteiger partial charge in [0.05, 0.1) is 11.0 Å². The van der Waals surface area contributed by atoms with Gasteiger partial charge in [0.2, 0.25) is 10.0 Å². The largest absolute Gasteiger partial charge is 0.380 e. The number of methoxy groups -OCH3 is 1. The number of nitrogens with one attached hydrogen (secondary N) is 2. The number of hydrogen-bond donors (Lipinski definition) is 2. The molecular formula is C14H25N3O3S. The van der Waals surface area contributed by atoms with Crippen LogP contribution in [0.5, 0.6) is 0 Å². The minimum atomic E-state index is -3.43. The average Bonchev–Trinajstić information content (AvgIpc) is 2.95. The summed E-state index contributed by atoms with van der Waals surface area (Å²) in [5.41, 5.74) is 0.877. The molecule has 2 rings (SSSR count). The third-order valence-corrected chi connectivity index (χ3v) is 5.57. The number of aromatic amines is 1. The summed E-state index contributed by atoms with van der Waals surface area (Å²) in [4.78, 5) is 3.37. The van der Waals surface area contributed by atoms with Crippen LogP contribution in [-0.2, 0) is 21.3 Å². The summed E-state index contributed by atoms with van der Waals surface area (Å²) in [6.07, 6.45) is 3.32. The molecule has 1 unspecified atom stereocenters. The van der Waals surface area contributed by atoms with Crippen molar-refractivity contribution >= 4 is 10.0 Å². The predicted molar refractivity (Wildman–Crippen MR) is 81.6 cm³/mol. The number of hydrogen-bond acceptors (Lipinski definition) is 4. The van der Waals surface area contributed by atoms with Gasteiger partial charge in [-0.25, -0.2) is 8.42 Å². The summed E-state index contributed by atoms with van der Waals surface area (Å²) in [5, 5.41) is 3.26. The van der Waals surface area contributed by atoms with Crippen molar-refractivity contribution in [2.24, 2.45) is 0 Å². The highest BCUT2D eigenvalue weighted by Gasteiger charge is 2.30. The fourth-order valence-corrected chi connectivity index (χ4v) is 3.98. The Bertz CT molecular complexity index is 554. The molecule has 1 aromatic rings. The van der Waals surface area contributed by atoms with E-state index in [0.717, 1.165) is 18.5 Å². The van der Waals surface area contributed by atoms with E-state index in [-0.39, 0.29) is 6.10 Å². The average molecular weight is 315 g/mol. The van der Waals surface area contributed by atoms with Gasteiger partial charge in [0.15, 0.2) is 0 Å². The highest BCUT2D eigenvalue weighted by Crippen LogP contribution is 2.22. The molecule has 0 aliphatic carbocycles. The molecule has 2 heterocycles. The first kappa shape index (κ1) is 16.5. The van der Waals surface area contributed by atoms with E-state index in [4.69, 9.17) is 4.74 Å². The summed E-state index contributed by atoms with van der Waals surface area (Å²) in [6, 6.07) is 2.07. The van der Waals surface area contributed by atoms with Crippen LogP contribution in [0, 0.1) is 0 Å². The maximum atomic E-state index is 12.6. The lowest BCUT2D eigenvalue weighted by atomic mass is 10.1. The van der Waals surface area contributed by atoms with E-state index >= 15 is 0 Å². The zero-order valence-electron chi connectivity index (χ0n) is 12.9. The first-order valence-electron chi connectivity index (χ1n) is 7.37. The third-order valence-electron chi connectivity index (χ3n) is 3.73. The topological polar surface area (TPSA) is 74.4 Å². The monoisotopic (exact) mass is 315 g/mol. The second kappa shape index (κ2) is 6.91. The molecule has 0 spiro atoms. The van der Waals surface area contributed by atoms with Crippen molar-refractivity contribution in [3.63, 3.8) is 0 Å². The van der Waals surface area contributed by atoms with Crippen molar-refractivity contribution in [3.8, 4) is 0 Å². The number of aromatic nitrogens is 1. The Kier molecular flexibility index (Phi) is 5.43. The van der Waals surface area contributed by atoms with Gasteiger partial charge in [-0.2, -0.15) is 4.31 Å². The normalized spacial score (nSPS) is 21.0. The molecule has 0 radical (unpaired) electrons. The van der Waals surface area contributed by atoms with Gasteiger partial charge in [0, 0.05) is 44.7 Å². The van der Waals surface area contributed by atoms with E-state index < -0.39 is 10.0 Å². The Balaban J connectivity index is 2.08. The number of nitrogens with zero attached hydrogens (tertiary/aromatic N) is 1. The van der Waals surface area contributed by atoms with Crippen LogP contribution in [0.2, 0.25) is 0 Å². The number of sulfonamides is 1. The zero-order chi connectivity index (χ0) is 15.5. The first-order chi connectivity index (χ1) is 9.93. The number of rotatable bonds is 6. The first-order valence-corrected chi connectivity index (χ1v) is 8.81. The fourth-order valence-electron chi connectivity index (χ4n) is 2.45. The quantitative estimate of drug-likeness (QED) is 0.830. The van der Waals surface area contributed by atoms with Crippen molar-refractivity contribution in [3.05, 3.63) is 18.0 Å². The van der Waals surface area contributed by atoms with E-state index in [1.807, 2.05) is 0 Å². The Morgan fingerprint density at radius 3 is 2.95 bits per heavy atom. The van der Waals surface area contributed by atoms with Crippen molar-refractivity contribution < 1.29 is 13.2 Å². The van der Waals surface area contributed by atoms with Gasteiger partial charge in [0.1, 0.15) is 0 Å². The zero-order valence-corrected chi connectivity index (χ0v) is 13.7. The van der Waals surface area contributed by atoms with Crippen molar-refractivity contribution in [2.45, 2.75) is 50.3 Å². The van der Waals surface area contributed by atoms with Crippen LogP contribution in [0.4, 0.5) is 0 Å². The van der Waals surface area contributed by atoms with Crippen LogP contribution in [0.15, 0.2) is 17.2 Å². The van der Waals surface area contributed by atoms with Crippen molar-refractivity contribution in [2.75, 3.05) is 20.2 Å². The molecule has 0 saturated carbocycles. The fraction of sp³-hybridized carbons (Fsp3) is 0.714. The molecule has 6 nitrogen and oxygen atoms in total. The molecule has 1 saturated heterocycles. The minimum Gasteiger partial charge on any atom is -0.380 e. The predicted octanol–water partition coefficient (Wildman–Crippen LogP) is 1.31. The van der Waals surface area contributed by atoms with Gasteiger partial charge in [-0.15, -0.1) is 0 Å². The van der Waals surface area contributed by atoms with Crippen LogP contribution in [0.1, 0.15) is 32.4 Å². The van der Waals surface area contributed by atoms with Crippen molar-refractivity contribution in [1.82, 2.24) is 14.6 Å². The molecule has 7 heteroatoms. The summed E-state index contributed by atoms with van der Waals surface area (Å²) < 4.78 is 32.1. The Morgan fingerprint density at radius 1 is 1.52 bits per heavy atom. The van der Waals surface area contributed by atoms with Gasteiger partial charge in [-0.1, -0.05) is 13.8 Å². The summed E-state index contributed by atoms with van der Waals surface area (Å²) >= 11 is 0. The van der Waals surface area contributed by atoms with Crippen LogP contribution in [-0.4, -0.2) is 50.1 Å². The van der Waals surface area contributed by atoms with E-state index in [2.05, 4.69) is 24.1 Å². The molecule has 21 heavy (non-hydrogen) atoms. The second-order valence-corrected chi connectivity index (χ2v) is 7.70. The minimum absolute atomic E-state index is 0.00505. The van der Waals surface area contributed by atoms with Gasteiger partial charge < -0.3 is 15.0 Å². The van der Waals surface area contributed by atoms with Gasteiger partial charge in [0.25, 0.3) is 0 Å². The van der Waals surface area contributed by atoms with Gasteiger partial charge in [-0.3, -0.25) is 0 Å². The van der Waals surface area contributed by atoms with E-state index in [0.29, 0.717) is 30.6 Å². The molecule has 1 fully saturated rings. The Hall–Kier alpha value is -0.890. The molecule has 0 amide bonds. The standard InChI is InChI=1S/C14H25N3O3S/c1-11(2)15-8-12-7-14(9-16-12)21(18,19)17-6-4-5-13(10-17)20-3/h7,9,11,13,15-16H,4-6,8,10H2,1-3H3. The van der Waals surface area contributed by atoms with Crippen LogP contribution < -0.4 is 5.32 Å². The van der Waals surface area contributed by atoms with Crippen molar-refractivity contribution in [1.29, 1.82) is 0 Å². The molecule has 0 bridgehead atoms. The number of ether oxygens (including phenoxy) is 1. The summed E-state index contributed by atoms with van der Waals surface area (Å²) in [5.74, 6) is 0. The van der Waals surface area contributed by atoms with Crippen LogP contribution in [0.25, 0.3) is 0 Å². The Morgan fingerprint density at radius 2 is 2.29 bits per heavy atom. The maximum absolute atomic E-state index is 12.6. The number of H-pyrrole nitrogens is 1. The Labute approximate surface area is 126 Å². The highest BCUT2D eigenvalue weighted by molar-refractivity contribution is 7.89. The lowest BCUT2D eigenvalue weighted by molar-refractivity contribution is 0.0572. The smallest absolute Gasteiger partial charge is 0.244 e. The van der Waals surface area contributed by atoms with Gasteiger partial charge >= 0.3 is 0 Å². The second-order valence-electron chi connectivity index (χ2n) is 5.76. The molecule has 1 aliphatic heterocycles. The number of piperidine rings is 1. The lowest BCUT2D eigenvalue weighted by Gasteiger charge is -2.30. The molecular weight excluding hydrogens is 290 g/mol. The third kappa shape index (κ3) is 4.06. The van der Waals surface area contributed by atoms with Gasteiger partial charge in [-0.05, 0) is 18.9 Å². The molecule has 1 aromatic heterocycles. The summed E-state index contributed by atoms with van der Waals surface area (Å²) in [6.45, 7) is 5.74. The summed E-state index contributed by atoms with van der Waals surface area (Å²) in [7, 11) is -1.80. The van der Waals surface area contributed by atoms with Crippen LogP contribution >= 0.6 is 0 Å². The van der Waals surface area contributed by atoms with Crippen LogP contribution in [0.3, 0.4) is 0 Å². The molecule has 0 aromatic carbocycles. The molecule has 120 valence electrons. The lowest BCUT2D eigenvalue weighted by Crippen LogP contribution is -2.42. The van der Waals surface area contributed by atoms with E-state index in [1.165, 1.54) is 4.31 Å². The van der Waals surface area contributed by atoms with E-state index in [9.17, 15) is 8.42 Å². The highest BCUT2D eigenvalue weighted by atomic mass is 32.2. The maximum Gasteiger partial charge on any atom is 0.244 e. The molecule has 1 atom stereocenters. The van der Waals surface area contributed by atoms with E-state index in [1.54, 1.807) is 19.4 Å². The SMILES string of the molecule is COC1CCCN(S(=O)(=O)c2c[nH]c(CNC(C)C)c2)C1.